The first-order chi connectivity index (χ1) is 13.4. The molecule has 0 bridgehead atoms. The van der Waals surface area contributed by atoms with E-state index in [1.54, 1.807) is 12.1 Å². The van der Waals surface area contributed by atoms with Gasteiger partial charge in [0.05, 0.1) is 0 Å². The highest BCUT2D eigenvalue weighted by Crippen LogP contribution is 2.20. The van der Waals surface area contributed by atoms with E-state index in [0.29, 0.717) is 18.6 Å². The second-order valence-corrected chi connectivity index (χ2v) is 6.56. The lowest BCUT2D eigenvalue weighted by atomic mass is 10.0. The van der Waals surface area contributed by atoms with Gasteiger partial charge in [0.2, 0.25) is 0 Å². The summed E-state index contributed by atoms with van der Waals surface area (Å²) in [6, 6.07) is 14.5. The Kier molecular flexibility index (Phi) is 10.7. The molecule has 0 amide bonds. The minimum atomic E-state index is -0.266. The summed E-state index contributed by atoms with van der Waals surface area (Å²) in [4.78, 5) is 22.0. The van der Waals surface area contributed by atoms with Crippen molar-refractivity contribution >= 4 is 11.6 Å². The second kappa shape index (κ2) is 12.8. The van der Waals surface area contributed by atoms with Crippen LogP contribution in [0.25, 0.3) is 0 Å². The summed E-state index contributed by atoms with van der Waals surface area (Å²) in [5.74, 6) is 0.121. The molecule has 0 fully saturated rings. The number of benzene rings is 2. The third kappa shape index (κ3) is 9.96. The van der Waals surface area contributed by atoms with Crippen LogP contribution in [0.2, 0.25) is 0 Å². The Morgan fingerprint density at radius 1 is 0.929 bits per heavy atom. The lowest BCUT2D eigenvalue weighted by Gasteiger charge is -2.00. The standard InChI is InChI=1S/C14H15O.C9H9FO.C2H6.2H2/c1-11-5-7-12(8-6-11)3-2-4-14(15)13-9-10-13;1-7(11)6-8-2-4-9(10)5-3-8;1-2;;/h5-10H,2-4H2,1H3;2-5H,6H2,1H3;1-2H3;2*1H. The lowest BCUT2D eigenvalue weighted by molar-refractivity contribution is -0.116. The summed E-state index contributed by atoms with van der Waals surface area (Å²) in [5, 5.41) is 0. The molecule has 0 saturated heterocycles. The average molecular weight is 386 g/mol. The molecule has 3 rings (SSSR count). The van der Waals surface area contributed by atoms with Gasteiger partial charge in [-0.05, 0) is 55.5 Å². The molecule has 28 heavy (non-hydrogen) atoms. The van der Waals surface area contributed by atoms with Crippen molar-refractivity contribution in [3.05, 3.63) is 89.1 Å². The zero-order valence-corrected chi connectivity index (χ0v) is 17.3. The van der Waals surface area contributed by atoms with Gasteiger partial charge in [0, 0.05) is 22.1 Å². The van der Waals surface area contributed by atoms with E-state index < -0.39 is 0 Å². The Hall–Kier alpha value is -2.55. The molecule has 0 N–H and O–H groups in total. The smallest absolute Gasteiger partial charge is 0.159 e. The van der Waals surface area contributed by atoms with Crippen molar-refractivity contribution in [3.63, 3.8) is 0 Å². The summed E-state index contributed by atoms with van der Waals surface area (Å²) in [7, 11) is 0. The van der Waals surface area contributed by atoms with Crippen molar-refractivity contribution in [2.24, 2.45) is 0 Å². The predicted molar refractivity (Wildman–Crippen MR) is 118 cm³/mol. The predicted octanol–water partition coefficient (Wildman–Crippen LogP) is 6.51. The van der Waals surface area contributed by atoms with Gasteiger partial charge in [-0.2, -0.15) is 0 Å². The minimum Gasteiger partial charge on any atom is -0.300 e. The van der Waals surface area contributed by atoms with Gasteiger partial charge < -0.3 is 0 Å². The quantitative estimate of drug-likeness (QED) is 0.545. The zero-order chi connectivity index (χ0) is 20.9. The highest BCUT2D eigenvalue weighted by molar-refractivity contribution is 6.02. The topological polar surface area (TPSA) is 34.1 Å². The van der Waals surface area contributed by atoms with E-state index in [1.807, 2.05) is 26.3 Å². The van der Waals surface area contributed by atoms with E-state index in [4.69, 9.17) is 0 Å². The number of carbonyl (C=O) groups excluding carboxylic acids is 2. The minimum absolute atomic E-state index is 0. The van der Waals surface area contributed by atoms with Crippen molar-refractivity contribution in [2.75, 3.05) is 0 Å². The maximum absolute atomic E-state index is 12.3. The molecule has 3 heteroatoms. The number of allylic oxidation sites excluding steroid dienone is 2. The molecule has 153 valence electrons. The van der Waals surface area contributed by atoms with Crippen molar-refractivity contribution in [1.29, 1.82) is 0 Å². The van der Waals surface area contributed by atoms with Gasteiger partial charge >= 0.3 is 0 Å². The van der Waals surface area contributed by atoms with Crippen LogP contribution in [-0.2, 0) is 22.4 Å². The van der Waals surface area contributed by atoms with Crippen LogP contribution in [0.15, 0.2) is 60.2 Å². The number of aryl methyl sites for hydroxylation is 2. The Morgan fingerprint density at radius 2 is 1.46 bits per heavy atom. The van der Waals surface area contributed by atoms with Gasteiger partial charge in [0.1, 0.15) is 11.6 Å². The number of carbonyl (C=O) groups is 2. The van der Waals surface area contributed by atoms with E-state index >= 15 is 0 Å². The van der Waals surface area contributed by atoms with Gasteiger partial charge in [0.25, 0.3) is 0 Å². The molecule has 2 aromatic rings. The number of hydrogen-bond donors (Lipinski definition) is 0. The van der Waals surface area contributed by atoms with E-state index in [-0.39, 0.29) is 14.5 Å². The number of hydrogen-bond acceptors (Lipinski definition) is 2. The summed E-state index contributed by atoms with van der Waals surface area (Å²) in [6.07, 6.45) is 6.78. The molecule has 0 spiro atoms. The molecule has 0 saturated carbocycles. The van der Waals surface area contributed by atoms with E-state index in [9.17, 15) is 14.0 Å². The fourth-order valence-electron chi connectivity index (χ4n) is 2.47. The molecule has 0 heterocycles. The second-order valence-electron chi connectivity index (χ2n) is 6.56. The van der Waals surface area contributed by atoms with Gasteiger partial charge in [-0.1, -0.05) is 61.9 Å². The Balaban J connectivity index is 0. The first-order valence-electron chi connectivity index (χ1n) is 9.81. The van der Waals surface area contributed by atoms with Crippen molar-refractivity contribution in [3.8, 4) is 0 Å². The SMILES string of the molecule is CC.CC(=O)Cc1ccc(F)cc1.Cc1ccc(CCCC(=O)C2=C[CH]2)cc1.[HH].[HH]. The molecule has 0 aromatic heterocycles. The molecule has 0 aliphatic heterocycles. The normalized spacial score (nSPS) is 11.2. The third-order valence-corrected chi connectivity index (χ3v) is 4.01. The number of Topliss-reactive ketones (excluding diaryl/α,β-unsaturated/α-hetero) is 2. The van der Waals surface area contributed by atoms with E-state index in [1.165, 1.54) is 30.2 Å². The molecule has 2 nitrogen and oxygen atoms in total. The van der Waals surface area contributed by atoms with Gasteiger partial charge in [0.15, 0.2) is 5.78 Å². The molecule has 2 aromatic carbocycles. The Morgan fingerprint density at radius 3 is 1.96 bits per heavy atom. The fraction of sp³-hybridized carbons (Fsp3) is 0.320. The Bertz CT molecular complexity index is 782. The number of halogens is 1. The lowest BCUT2D eigenvalue weighted by Crippen LogP contribution is -1.96. The highest BCUT2D eigenvalue weighted by atomic mass is 19.1. The van der Waals surface area contributed by atoms with Crippen LogP contribution in [0, 0.1) is 19.2 Å². The van der Waals surface area contributed by atoms with Crippen molar-refractivity contribution in [1.82, 2.24) is 0 Å². The average Bonchev–Trinajstić information content (AvgIpc) is 3.52. The molecule has 1 aliphatic rings. The summed E-state index contributed by atoms with van der Waals surface area (Å²) in [5.41, 5.74) is 4.38. The van der Waals surface area contributed by atoms with E-state index in [0.717, 1.165) is 24.0 Å². The van der Waals surface area contributed by atoms with Crippen LogP contribution < -0.4 is 0 Å². The molecule has 0 unspecified atom stereocenters. The molecular formula is C25H34FO2. The fourth-order valence-corrected chi connectivity index (χ4v) is 2.47. The molecule has 0 atom stereocenters. The first-order valence-corrected chi connectivity index (χ1v) is 9.81. The Labute approximate surface area is 171 Å². The van der Waals surface area contributed by atoms with Crippen molar-refractivity contribution < 1.29 is 16.8 Å². The maximum Gasteiger partial charge on any atom is 0.159 e. The monoisotopic (exact) mass is 385 g/mol. The van der Waals surface area contributed by atoms with E-state index in [2.05, 4.69) is 31.2 Å². The zero-order valence-electron chi connectivity index (χ0n) is 17.3. The summed E-state index contributed by atoms with van der Waals surface area (Å²) >= 11 is 0. The maximum atomic E-state index is 12.3. The van der Waals surface area contributed by atoms with Crippen LogP contribution >= 0.6 is 0 Å². The molecule has 1 radical (unpaired) electrons. The van der Waals surface area contributed by atoms with Gasteiger partial charge in [-0.25, -0.2) is 4.39 Å². The highest BCUT2D eigenvalue weighted by Gasteiger charge is 2.16. The summed E-state index contributed by atoms with van der Waals surface area (Å²) < 4.78 is 12.3. The molecular weight excluding hydrogens is 351 g/mol. The summed E-state index contributed by atoms with van der Waals surface area (Å²) in [6.45, 7) is 7.60. The largest absolute Gasteiger partial charge is 0.300 e. The van der Waals surface area contributed by atoms with Gasteiger partial charge in [-0.3, -0.25) is 9.59 Å². The number of ketones is 2. The van der Waals surface area contributed by atoms with Crippen LogP contribution in [0.4, 0.5) is 4.39 Å². The van der Waals surface area contributed by atoms with Crippen molar-refractivity contribution in [2.45, 2.75) is 53.4 Å². The number of rotatable bonds is 7. The van der Waals surface area contributed by atoms with Crippen LogP contribution in [-0.4, -0.2) is 11.6 Å². The van der Waals surface area contributed by atoms with Gasteiger partial charge in [-0.15, -0.1) is 0 Å². The van der Waals surface area contributed by atoms with Crippen LogP contribution in [0.3, 0.4) is 0 Å². The van der Waals surface area contributed by atoms with Crippen LogP contribution in [0.1, 0.15) is 53.2 Å². The third-order valence-electron chi connectivity index (χ3n) is 4.01. The molecule has 1 aliphatic carbocycles. The van der Waals surface area contributed by atoms with Crippen LogP contribution in [0.5, 0.6) is 0 Å². The first kappa shape index (κ1) is 23.5.